The molecule has 1 saturated heterocycles. The molecule has 0 bridgehead atoms. The van der Waals surface area contributed by atoms with Crippen molar-refractivity contribution in [2.75, 3.05) is 18.4 Å². The van der Waals surface area contributed by atoms with E-state index in [-0.39, 0.29) is 33.6 Å². The van der Waals surface area contributed by atoms with Crippen molar-refractivity contribution in [1.29, 1.82) is 0 Å². The van der Waals surface area contributed by atoms with Crippen LogP contribution >= 0.6 is 35.3 Å². The highest BCUT2D eigenvalue weighted by Gasteiger charge is 2.37. The Hall–Kier alpha value is -3.36. The number of alkyl halides is 6. The van der Waals surface area contributed by atoms with Gasteiger partial charge in [-0.2, -0.15) is 26.3 Å². The number of hydrogen-bond acceptors (Lipinski definition) is 6. The summed E-state index contributed by atoms with van der Waals surface area (Å²) in [4.78, 5) is 26.0. The van der Waals surface area contributed by atoms with Crippen LogP contribution in [0.3, 0.4) is 0 Å². The Morgan fingerprint density at radius 3 is 2.17 bits per heavy atom. The third kappa shape index (κ3) is 7.04. The lowest BCUT2D eigenvalue weighted by atomic mass is 10.0. The van der Waals surface area contributed by atoms with Gasteiger partial charge in [0.15, 0.2) is 0 Å². The van der Waals surface area contributed by atoms with Gasteiger partial charge in [-0.05, 0) is 77.5 Å². The van der Waals surface area contributed by atoms with Gasteiger partial charge in [-0.1, -0.05) is 24.0 Å². The highest BCUT2D eigenvalue weighted by atomic mass is 32.2. The van der Waals surface area contributed by atoms with Gasteiger partial charge in [-0.15, -0.1) is 11.3 Å². The van der Waals surface area contributed by atoms with Crippen molar-refractivity contribution in [3.8, 4) is 11.1 Å². The minimum absolute atomic E-state index is 0.0761. The Balaban J connectivity index is 1.42. The van der Waals surface area contributed by atoms with Crippen molar-refractivity contribution < 1.29 is 41.0 Å². The lowest BCUT2D eigenvalue weighted by Crippen LogP contribution is -2.30. The van der Waals surface area contributed by atoms with E-state index in [4.69, 9.17) is 17.3 Å². The maximum absolute atomic E-state index is 13.2. The van der Waals surface area contributed by atoms with Crippen LogP contribution in [0, 0.1) is 0 Å². The first kappa shape index (κ1) is 29.6. The Kier molecular flexibility index (Phi) is 8.61. The van der Waals surface area contributed by atoms with Crippen LogP contribution in [0.15, 0.2) is 58.8 Å². The molecule has 2 aromatic carbocycles. The monoisotopic (exact) mass is 616 g/mol. The van der Waals surface area contributed by atoms with Crippen LogP contribution in [0.2, 0.25) is 0 Å². The standard InChI is InChI=1S/C26H18F6N2O3S3/c27-25(28,29)17-8-15(9-18(11-17)26(30,31)32)16-10-20(39-13-16)12-21-22(35)34(24(38)40-21)7-1-6-33-19-4-2-14(3-5-19)23(36)37/h2-5,8-13,33H,1,6-7H2,(H,36,37)/b21-12-. The summed E-state index contributed by atoms with van der Waals surface area (Å²) >= 11 is 7.44. The number of nitrogens with zero attached hydrogens (tertiary/aromatic N) is 1. The largest absolute Gasteiger partial charge is 0.478 e. The summed E-state index contributed by atoms with van der Waals surface area (Å²) in [6.07, 6.45) is -7.87. The fourth-order valence-corrected chi connectivity index (χ4v) is 5.95. The first-order chi connectivity index (χ1) is 18.7. The molecule has 0 aliphatic carbocycles. The normalized spacial score (nSPS) is 15.2. The number of benzene rings is 2. The predicted octanol–water partition coefficient (Wildman–Crippen LogP) is 7.85. The number of anilines is 1. The molecule has 2 heterocycles. The molecule has 1 aromatic heterocycles. The Morgan fingerprint density at radius 1 is 0.975 bits per heavy atom. The quantitative estimate of drug-likeness (QED) is 0.116. The summed E-state index contributed by atoms with van der Waals surface area (Å²) in [6.45, 7) is 0.788. The molecule has 2 N–H and O–H groups in total. The second-order valence-corrected chi connectivity index (χ2v) is 11.1. The Bertz CT molecular complexity index is 1450. The van der Waals surface area contributed by atoms with Gasteiger partial charge in [0.05, 0.1) is 21.6 Å². The molecule has 0 spiro atoms. The van der Waals surface area contributed by atoms with Gasteiger partial charge >= 0.3 is 18.3 Å². The van der Waals surface area contributed by atoms with Crippen LogP contribution in [0.25, 0.3) is 17.2 Å². The van der Waals surface area contributed by atoms with E-state index in [0.29, 0.717) is 46.5 Å². The molecule has 0 atom stereocenters. The number of aromatic carboxylic acids is 1. The zero-order valence-corrected chi connectivity index (χ0v) is 22.5. The molecule has 40 heavy (non-hydrogen) atoms. The van der Waals surface area contributed by atoms with Gasteiger partial charge < -0.3 is 10.4 Å². The third-order valence-electron chi connectivity index (χ3n) is 5.71. The summed E-state index contributed by atoms with van der Waals surface area (Å²) in [7, 11) is 0. The van der Waals surface area contributed by atoms with Crippen molar-refractivity contribution in [2.24, 2.45) is 0 Å². The molecule has 210 valence electrons. The fourth-order valence-electron chi connectivity index (χ4n) is 3.72. The van der Waals surface area contributed by atoms with E-state index >= 15 is 0 Å². The van der Waals surface area contributed by atoms with Gasteiger partial charge in [0.1, 0.15) is 4.32 Å². The van der Waals surface area contributed by atoms with Gasteiger partial charge in [0, 0.05) is 23.7 Å². The summed E-state index contributed by atoms with van der Waals surface area (Å²) in [6, 6.07) is 9.02. The third-order valence-corrected chi connectivity index (χ3v) is 7.96. The second kappa shape index (κ2) is 11.6. The molecule has 1 fully saturated rings. The predicted molar refractivity (Wildman–Crippen MR) is 146 cm³/mol. The van der Waals surface area contributed by atoms with E-state index < -0.39 is 29.4 Å². The van der Waals surface area contributed by atoms with Crippen LogP contribution < -0.4 is 5.32 Å². The number of amides is 1. The van der Waals surface area contributed by atoms with Crippen LogP contribution in [-0.2, 0) is 17.1 Å². The average molecular weight is 617 g/mol. The summed E-state index contributed by atoms with van der Waals surface area (Å²) in [5, 5.41) is 13.5. The van der Waals surface area contributed by atoms with Crippen LogP contribution in [0.1, 0.15) is 32.8 Å². The van der Waals surface area contributed by atoms with Gasteiger partial charge in [0.2, 0.25) is 0 Å². The molecule has 14 heteroatoms. The lowest BCUT2D eigenvalue weighted by molar-refractivity contribution is -0.143. The lowest BCUT2D eigenvalue weighted by Gasteiger charge is -2.14. The van der Waals surface area contributed by atoms with Gasteiger partial charge in [-0.25, -0.2) is 4.79 Å². The number of carboxylic acid groups (broad SMARTS) is 1. The molecule has 5 nitrogen and oxygen atoms in total. The van der Waals surface area contributed by atoms with E-state index in [2.05, 4.69) is 5.32 Å². The average Bonchev–Trinajstić information content (AvgIpc) is 3.45. The molecule has 3 aromatic rings. The van der Waals surface area contributed by atoms with Crippen LogP contribution in [0.5, 0.6) is 0 Å². The maximum atomic E-state index is 13.2. The zero-order chi connectivity index (χ0) is 29.2. The summed E-state index contributed by atoms with van der Waals surface area (Å²) < 4.78 is 79.7. The van der Waals surface area contributed by atoms with Crippen molar-refractivity contribution in [2.45, 2.75) is 18.8 Å². The van der Waals surface area contributed by atoms with E-state index in [1.54, 1.807) is 12.1 Å². The highest BCUT2D eigenvalue weighted by molar-refractivity contribution is 8.26. The van der Waals surface area contributed by atoms with E-state index in [1.165, 1.54) is 34.6 Å². The molecule has 1 aliphatic rings. The molecule has 0 radical (unpaired) electrons. The zero-order valence-electron chi connectivity index (χ0n) is 20.1. The van der Waals surface area contributed by atoms with E-state index in [0.717, 1.165) is 23.1 Å². The molecular formula is C26H18F6N2O3S3. The molecule has 0 saturated carbocycles. The fraction of sp³-hybridized carbons (Fsp3) is 0.192. The topological polar surface area (TPSA) is 69.6 Å². The number of carbonyl (C=O) groups is 2. The second-order valence-electron chi connectivity index (χ2n) is 8.53. The maximum Gasteiger partial charge on any atom is 0.416 e. The molecule has 4 rings (SSSR count). The number of thiophene rings is 1. The van der Waals surface area contributed by atoms with Crippen molar-refractivity contribution in [3.05, 3.63) is 80.4 Å². The first-order valence-electron chi connectivity index (χ1n) is 11.4. The molecule has 1 aliphatic heterocycles. The smallest absolute Gasteiger partial charge is 0.416 e. The number of carbonyl (C=O) groups excluding carboxylic acids is 1. The SMILES string of the molecule is O=C(O)c1ccc(NCCCN2C(=O)/C(=C/c3cc(-c4cc(C(F)(F)F)cc(C(F)(F)F)c4)cs3)SC2=S)cc1. The number of thiocarbonyl (C=S) groups is 1. The molecular weight excluding hydrogens is 598 g/mol. The highest BCUT2D eigenvalue weighted by Crippen LogP contribution is 2.40. The number of hydrogen-bond donors (Lipinski definition) is 2. The van der Waals surface area contributed by atoms with Gasteiger partial charge in [0.25, 0.3) is 5.91 Å². The Labute approximate surface area is 237 Å². The molecule has 1 amide bonds. The number of rotatable bonds is 8. The van der Waals surface area contributed by atoms with E-state index in [1.807, 2.05) is 0 Å². The van der Waals surface area contributed by atoms with Crippen LogP contribution in [-0.4, -0.2) is 39.3 Å². The van der Waals surface area contributed by atoms with Crippen molar-refractivity contribution >= 4 is 63.3 Å². The minimum Gasteiger partial charge on any atom is -0.478 e. The van der Waals surface area contributed by atoms with E-state index in [9.17, 15) is 35.9 Å². The summed E-state index contributed by atoms with van der Waals surface area (Å²) in [5.74, 6) is -1.38. The van der Waals surface area contributed by atoms with Crippen molar-refractivity contribution in [3.63, 3.8) is 0 Å². The number of nitrogens with one attached hydrogen (secondary N) is 1. The minimum atomic E-state index is -4.95. The number of carboxylic acids is 1. The van der Waals surface area contributed by atoms with Crippen LogP contribution in [0.4, 0.5) is 32.0 Å². The summed E-state index contributed by atoms with van der Waals surface area (Å²) in [5.41, 5.74) is -2.02. The molecule has 0 unspecified atom stereocenters. The number of halogens is 6. The van der Waals surface area contributed by atoms with Gasteiger partial charge in [-0.3, -0.25) is 9.69 Å². The first-order valence-corrected chi connectivity index (χ1v) is 13.5. The Morgan fingerprint density at radius 2 is 1.60 bits per heavy atom. The number of thioether (sulfide) groups is 1. The van der Waals surface area contributed by atoms with Crippen molar-refractivity contribution in [1.82, 2.24) is 4.90 Å².